The maximum absolute atomic E-state index is 11.0. The minimum atomic E-state index is -1.14. The summed E-state index contributed by atoms with van der Waals surface area (Å²) >= 11 is 0. The molecule has 15 heavy (non-hydrogen) atoms. The third-order valence-corrected chi connectivity index (χ3v) is 2.22. The lowest BCUT2D eigenvalue weighted by Crippen LogP contribution is -2.59. The number of hydrogen-bond donors (Lipinski definition) is 4. The number of quaternary nitrogens is 1. The molecule has 7 nitrogen and oxygen atoms in total. The van der Waals surface area contributed by atoms with Crippen molar-refractivity contribution in [3.63, 3.8) is 0 Å². The molecule has 1 fully saturated rings. The van der Waals surface area contributed by atoms with Crippen LogP contribution in [0, 0.1) is 0 Å². The number of amides is 1. The molecule has 0 aliphatic carbocycles. The van der Waals surface area contributed by atoms with Crippen molar-refractivity contribution >= 4 is 5.91 Å². The molecular weight excluding hydrogens is 204 g/mol. The van der Waals surface area contributed by atoms with Crippen molar-refractivity contribution in [2.24, 2.45) is 0 Å². The molecule has 4 atom stereocenters. The first-order chi connectivity index (χ1) is 7.10. The number of hydrogen-bond acceptors (Lipinski definition) is 5. The number of nitrogens with one attached hydrogen (secondary N) is 1. The smallest absolute Gasteiger partial charge is 0.277 e. The van der Waals surface area contributed by atoms with Crippen LogP contribution < -0.4 is 11.1 Å². The SMILES string of the molecule is COC[C@H]1O[C@@H](NC(=O)C[NH3+])C(O)[C@H]1O. The van der Waals surface area contributed by atoms with Gasteiger partial charge in [0.15, 0.2) is 12.8 Å². The van der Waals surface area contributed by atoms with E-state index in [1.807, 2.05) is 0 Å². The lowest BCUT2D eigenvalue weighted by atomic mass is 10.1. The van der Waals surface area contributed by atoms with Crippen molar-refractivity contribution in [1.29, 1.82) is 0 Å². The van der Waals surface area contributed by atoms with Crippen LogP contribution >= 0.6 is 0 Å². The van der Waals surface area contributed by atoms with E-state index in [4.69, 9.17) is 9.47 Å². The molecule has 1 aliphatic heterocycles. The lowest BCUT2D eigenvalue weighted by molar-refractivity contribution is -0.355. The van der Waals surface area contributed by atoms with Gasteiger partial charge in [-0.2, -0.15) is 0 Å². The summed E-state index contributed by atoms with van der Waals surface area (Å²) < 4.78 is 10.0. The molecular formula is C8H17N2O5+. The van der Waals surface area contributed by atoms with E-state index in [1.165, 1.54) is 7.11 Å². The van der Waals surface area contributed by atoms with Gasteiger partial charge in [0.25, 0.3) is 5.91 Å². The molecule has 6 N–H and O–H groups in total. The molecule has 1 unspecified atom stereocenters. The van der Waals surface area contributed by atoms with Gasteiger partial charge in [-0.3, -0.25) is 4.79 Å². The molecule has 0 aromatic rings. The van der Waals surface area contributed by atoms with Gasteiger partial charge in [0.05, 0.1) is 6.61 Å². The summed E-state index contributed by atoms with van der Waals surface area (Å²) in [6.45, 7) is 0.215. The summed E-state index contributed by atoms with van der Waals surface area (Å²) in [5, 5.41) is 21.5. The van der Waals surface area contributed by atoms with Crippen molar-refractivity contribution in [3.8, 4) is 0 Å². The summed E-state index contributed by atoms with van der Waals surface area (Å²) in [5.74, 6) is -0.343. The Balaban J connectivity index is 2.51. The minimum absolute atomic E-state index is 0.0532. The fraction of sp³-hybridized carbons (Fsp3) is 0.875. The first kappa shape index (κ1) is 12.3. The molecule has 0 bridgehead atoms. The normalized spacial score (nSPS) is 35.5. The highest BCUT2D eigenvalue weighted by molar-refractivity contribution is 5.76. The van der Waals surface area contributed by atoms with Gasteiger partial charge in [0.1, 0.15) is 18.3 Å². The van der Waals surface area contributed by atoms with Crippen LogP contribution in [0.1, 0.15) is 0 Å². The Kier molecular flexibility index (Phi) is 4.43. The van der Waals surface area contributed by atoms with Gasteiger partial charge in [-0.25, -0.2) is 0 Å². The van der Waals surface area contributed by atoms with Crippen molar-refractivity contribution < 1.29 is 30.2 Å². The van der Waals surface area contributed by atoms with Gasteiger partial charge >= 0.3 is 0 Å². The largest absolute Gasteiger partial charge is 0.387 e. The molecule has 1 aliphatic rings. The van der Waals surface area contributed by atoms with Crippen LogP contribution in [-0.4, -0.2) is 60.9 Å². The molecule has 1 saturated heterocycles. The summed E-state index contributed by atoms with van der Waals surface area (Å²) in [5.41, 5.74) is 3.39. The van der Waals surface area contributed by atoms with Gasteiger partial charge in [0.2, 0.25) is 0 Å². The average molecular weight is 221 g/mol. The highest BCUT2D eigenvalue weighted by Crippen LogP contribution is 2.19. The molecule has 7 heteroatoms. The highest BCUT2D eigenvalue weighted by atomic mass is 16.6. The zero-order valence-electron chi connectivity index (χ0n) is 8.55. The first-order valence-corrected chi connectivity index (χ1v) is 4.69. The Morgan fingerprint density at radius 1 is 1.53 bits per heavy atom. The second kappa shape index (κ2) is 5.38. The molecule has 0 radical (unpaired) electrons. The minimum Gasteiger partial charge on any atom is -0.387 e. The molecule has 0 aromatic carbocycles. The second-order valence-corrected chi connectivity index (χ2v) is 3.35. The summed E-state index contributed by atoms with van der Waals surface area (Å²) in [6, 6.07) is 0. The molecule has 0 saturated carbocycles. The van der Waals surface area contributed by atoms with Gasteiger partial charge in [0, 0.05) is 7.11 Å². The van der Waals surface area contributed by atoms with E-state index in [9.17, 15) is 15.0 Å². The Morgan fingerprint density at radius 3 is 2.73 bits per heavy atom. The van der Waals surface area contributed by atoms with Crippen LogP contribution in [0.3, 0.4) is 0 Å². The third kappa shape index (κ3) is 2.86. The van der Waals surface area contributed by atoms with Crippen LogP contribution in [0.25, 0.3) is 0 Å². The number of carbonyl (C=O) groups is 1. The zero-order valence-corrected chi connectivity index (χ0v) is 8.55. The lowest BCUT2D eigenvalue weighted by Gasteiger charge is -2.14. The standard InChI is InChI=1S/C8H16N2O5/c1-14-3-4-6(12)7(13)8(15-4)10-5(11)2-9/h4,6-8,12-13H,2-3,9H2,1H3,(H,10,11)/p+1/t4-,6+,7?,8-/m1/s1. The number of rotatable bonds is 4. The monoisotopic (exact) mass is 221 g/mol. The van der Waals surface area contributed by atoms with Crippen LogP contribution in [0.15, 0.2) is 0 Å². The van der Waals surface area contributed by atoms with E-state index >= 15 is 0 Å². The van der Waals surface area contributed by atoms with Crippen molar-refractivity contribution in [1.82, 2.24) is 5.32 Å². The summed E-state index contributed by atoms with van der Waals surface area (Å²) in [6.07, 6.45) is -3.71. The second-order valence-electron chi connectivity index (χ2n) is 3.35. The van der Waals surface area contributed by atoms with Crippen LogP contribution in [-0.2, 0) is 14.3 Å². The molecule has 1 amide bonds. The van der Waals surface area contributed by atoms with Gasteiger partial charge in [-0.1, -0.05) is 0 Å². The van der Waals surface area contributed by atoms with Gasteiger partial charge in [-0.05, 0) is 0 Å². The fourth-order valence-corrected chi connectivity index (χ4v) is 1.40. The Hall–Kier alpha value is -0.730. The molecule has 0 spiro atoms. The maximum Gasteiger partial charge on any atom is 0.277 e. The van der Waals surface area contributed by atoms with E-state index in [1.54, 1.807) is 0 Å². The Morgan fingerprint density at radius 2 is 2.20 bits per heavy atom. The van der Waals surface area contributed by atoms with E-state index in [0.29, 0.717) is 0 Å². The van der Waals surface area contributed by atoms with Gasteiger partial charge < -0.3 is 30.7 Å². The first-order valence-electron chi connectivity index (χ1n) is 4.69. The third-order valence-electron chi connectivity index (χ3n) is 2.22. The van der Waals surface area contributed by atoms with E-state index in [0.717, 1.165) is 0 Å². The van der Waals surface area contributed by atoms with E-state index in [2.05, 4.69) is 11.1 Å². The molecule has 1 rings (SSSR count). The zero-order chi connectivity index (χ0) is 11.4. The number of ether oxygens (including phenoxy) is 2. The van der Waals surface area contributed by atoms with Gasteiger partial charge in [-0.15, -0.1) is 0 Å². The Labute approximate surface area is 87.2 Å². The molecule has 88 valence electrons. The summed E-state index contributed by atoms with van der Waals surface area (Å²) in [7, 11) is 1.46. The number of carbonyl (C=O) groups excluding carboxylic acids is 1. The van der Waals surface area contributed by atoms with Crippen LogP contribution in [0.2, 0.25) is 0 Å². The van der Waals surface area contributed by atoms with E-state index in [-0.39, 0.29) is 19.1 Å². The Bertz CT molecular complexity index is 225. The summed E-state index contributed by atoms with van der Waals surface area (Å²) in [4.78, 5) is 11.0. The molecule has 1 heterocycles. The fourth-order valence-electron chi connectivity index (χ4n) is 1.40. The van der Waals surface area contributed by atoms with Crippen molar-refractivity contribution in [2.75, 3.05) is 20.3 Å². The maximum atomic E-state index is 11.0. The van der Waals surface area contributed by atoms with Crippen LogP contribution in [0.4, 0.5) is 0 Å². The highest BCUT2D eigenvalue weighted by Gasteiger charge is 2.43. The van der Waals surface area contributed by atoms with Crippen LogP contribution in [0.5, 0.6) is 0 Å². The average Bonchev–Trinajstić information content (AvgIpc) is 2.47. The van der Waals surface area contributed by atoms with Crippen molar-refractivity contribution in [2.45, 2.75) is 24.5 Å². The van der Waals surface area contributed by atoms with Crippen molar-refractivity contribution in [3.05, 3.63) is 0 Å². The predicted octanol–water partition coefficient (Wildman–Crippen LogP) is -3.56. The topological polar surface area (TPSA) is 116 Å². The molecule has 0 aromatic heterocycles. The number of aliphatic hydroxyl groups is 2. The van der Waals surface area contributed by atoms with E-state index < -0.39 is 24.5 Å². The quantitative estimate of drug-likeness (QED) is 0.392. The predicted molar refractivity (Wildman–Crippen MR) is 48.4 cm³/mol. The number of methoxy groups -OCH3 is 1. The number of aliphatic hydroxyl groups excluding tert-OH is 2.